The molecule has 0 N–H and O–H groups in total. The van der Waals surface area contributed by atoms with Crippen molar-refractivity contribution in [1.82, 2.24) is 4.90 Å². The Morgan fingerprint density at radius 3 is 1.96 bits per heavy atom. The van der Waals surface area contributed by atoms with E-state index in [2.05, 4.69) is 0 Å². The van der Waals surface area contributed by atoms with Crippen molar-refractivity contribution >= 4 is 38.1 Å². The molecule has 6 heteroatoms. The average Bonchev–Trinajstić information content (AvgIpc) is 2.84. The monoisotopic (exact) mass is 375 g/mol. The normalized spacial score (nSPS) is 16.2. The summed E-state index contributed by atoms with van der Waals surface area (Å²) in [5, 5.41) is 0. The fourth-order valence-electron chi connectivity index (χ4n) is 2.72. The lowest BCUT2D eigenvalue weighted by Gasteiger charge is -2.26. The molecule has 0 unspecified atom stereocenters. The van der Waals surface area contributed by atoms with Crippen LogP contribution in [0.3, 0.4) is 0 Å². The van der Waals surface area contributed by atoms with Gasteiger partial charge in [0.1, 0.15) is 0 Å². The van der Waals surface area contributed by atoms with Gasteiger partial charge in [0.25, 0.3) is 0 Å². The second-order valence-electron chi connectivity index (χ2n) is 7.70. The molecule has 0 aromatic heterocycles. The number of amides is 2. The van der Waals surface area contributed by atoms with Crippen LogP contribution in [0.15, 0.2) is 36.0 Å². The van der Waals surface area contributed by atoms with Crippen molar-refractivity contribution in [3.8, 4) is 0 Å². The summed E-state index contributed by atoms with van der Waals surface area (Å²) >= 11 is 0. The maximum atomic E-state index is 13.1. The van der Waals surface area contributed by atoms with Crippen LogP contribution in [0.1, 0.15) is 39.2 Å². The number of imide groups is 1. The Hall–Kier alpha value is -2.21. The van der Waals surface area contributed by atoms with Crippen LogP contribution in [0.2, 0.25) is 0 Å². The van der Waals surface area contributed by atoms with E-state index >= 15 is 0 Å². The number of hydrogen-bond donors (Lipinski definition) is 0. The minimum atomic E-state index is -2.75. The first-order valence-electron chi connectivity index (χ1n) is 8.42. The van der Waals surface area contributed by atoms with Crippen molar-refractivity contribution in [3.05, 3.63) is 41.6 Å². The third-order valence-electron chi connectivity index (χ3n) is 4.01. The summed E-state index contributed by atoms with van der Waals surface area (Å²) in [5.41, 5.74) is 0.0579. The Morgan fingerprint density at radius 1 is 1.04 bits per heavy atom. The zero-order chi connectivity index (χ0) is 19.7. The number of rotatable bonds is 4. The summed E-state index contributed by atoms with van der Waals surface area (Å²) < 4.78 is 13.0. The Balaban J connectivity index is 2.80. The topological polar surface area (TPSA) is 71.5 Å². The van der Waals surface area contributed by atoms with Gasteiger partial charge in [0, 0.05) is 30.8 Å². The first-order valence-corrected chi connectivity index (χ1v) is 10.8. The van der Waals surface area contributed by atoms with Gasteiger partial charge in [-0.3, -0.25) is 18.6 Å². The van der Waals surface area contributed by atoms with E-state index in [1.165, 1.54) is 12.5 Å². The van der Waals surface area contributed by atoms with Crippen LogP contribution in [-0.4, -0.2) is 44.1 Å². The third kappa shape index (κ3) is 4.30. The van der Waals surface area contributed by atoms with E-state index in [4.69, 9.17) is 0 Å². The molecule has 1 aromatic rings. The molecule has 0 radical (unpaired) electrons. The Morgan fingerprint density at radius 2 is 1.54 bits per heavy atom. The zero-order valence-electron chi connectivity index (χ0n) is 15.9. The van der Waals surface area contributed by atoms with Gasteiger partial charge in [-0.25, -0.2) is 4.90 Å². The largest absolute Gasteiger partial charge is 0.293 e. The highest BCUT2D eigenvalue weighted by atomic mass is 32.2. The molecule has 26 heavy (non-hydrogen) atoms. The highest BCUT2D eigenvalue weighted by Crippen LogP contribution is 2.27. The Bertz CT molecular complexity index is 873. The van der Waals surface area contributed by atoms with Gasteiger partial charge in [-0.2, -0.15) is 0 Å². The number of carbonyl (C=O) groups is 3. The molecular formula is C20H25NO4S. The van der Waals surface area contributed by atoms with Gasteiger partial charge in [-0.15, -0.1) is 0 Å². The molecule has 2 rings (SSSR count). The summed E-state index contributed by atoms with van der Waals surface area (Å²) in [4.78, 5) is 38.9. The molecule has 1 fully saturated rings. The van der Waals surface area contributed by atoms with Crippen LogP contribution in [0, 0.1) is 5.41 Å². The van der Waals surface area contributed by atoms with Gasteiger partial charge in [-0.1, -0.05) is 51.1 Å². The second kappa shape index (κ2) is 7.19. The fourth-order valence-corrected chi connectivity index (χ4v) is 4.12. The van der Waals surface area contributed by atoms with E-state index < -0.39 is 14.9 Å². The van der Waals surface area contributed by atoms with Gasteiger partial charge in [0.15, 0.2) is 5.78 Å². The van der Waals surface area contributed by atoms with E-state index in [0.29, 0.717) is 0 Å². The van der Waals surface area contributed by atoms with Crippen LogP contribution in [0.5, 0.6) is 0 Å². The maximum absolute atomic E-state index is 13.1. The van der Waals surface area contributed by atoms with Crippen LogP contribution >= 0.6 is 0 Å². The maximum Gasteiger partial charge on any atom is 0.234 e. The number of benzene rings is 1. The van der Waals surface area contributed by atoms with Gasteiger partial charge < -0.3 is 0 Å². The molecule has 1 heterocycles. The lowest BCUT2D eigenvalue weighted by Crippen LogP contribution is -2.41. The quantitative estimate of drug-likeness (QED) is 0.461. The third-order valence-corrected chi connectivity index (χ3v) is 5.38. The van der Waals surface area contributed by atoms with Crippen molar-refractivity contribution < 1.29 is 18.6 Å². The van der Waals surface area contributed by atoms with Crippen LogP contribution in [0.25, 0.3) is 6.08 Å². The fraction of sp³-hybridized carbons (Fsp3) is 0.400. The molecule has 5 nitrogen and oxygen atoms in total. The van der Waals surface area contributed by atoms with Crippen molar-refractivity contribution in [2.75, 3.05) is 12.5 Å². The standard InChI is InChI=1S/C20H25NO4S/c1-20(2,3)19(24)18(26(4,5)25)15(13-14-9-7-6-8-10-14)21-16(22)11-12-17(21)23/h6-10,13H,11-12H2,1-5H3/b15-13+. The lowest BCUT2D eigenvalue weighted by molar-refractivity contribution is -0.135. The van der Waals surface area contributed by atoms with Crippen LogP contribution in [-0.2, 0) is 23.9 Å². The SMILES string of the molecule is CC(C)(C)C(=O)C(/C(=C\c1ccccc1)N1C(=O)CCC1=O)=S(C)(C)=O. The second-order valence-corrected chi connectivity index (χ2v) is 10.6. The Kier molecular flexibility index (Phi) is 5.56. The molecule has 0 bridgehead atoms. The summed E-state index contributed by atoms with van der Waals surface area (Å²) in [6.07, 6.45) is 4.73. The summed E-state index contributed by atoms with van der Waals surface area (Å²) in [5.74, 6) is -1.08. The average molecular weight is 375 g/mol. The molecule has 1 aliphatic heterocycles. The van der Waals surface area contributed by atoms with E-state index in [9.17, 15) is 18.6 Å². The molecule has 1 aromatic carbocycles. The summed E-state index contributed by atoms with van der Waals surface area (Å²) in [7, 11) is -2.75. The number of likely N-dealkylation sites (tertiary alicyclic amines) is 1. The number of hydrogen-bond acceptors (Lipinski definition) is 4. The molecule has 0 saturated carbocycles. The lowest BCUT2D eigenvalue weighted by atomic mass is 9.87. The van der Waals surface area contributed by atoms with Crippen molar-refractivity contribution in [2.45, 2.75) is 33.6 Å². The number of Topliss-reactive ketones (excluding diaryl/α,β-unsaturated/α-hetero) is 1. The first-order chi connectivity index (χ1) is 11.9. The predicted octanol–water partition coefficient (Wildman–Crippen LogP) is 2.51. The molecule has 1 saturated heterocycles. The van der Waals surface area contributed by atoms with E-state index in [1.807, 2.05) is 18.2 Å². The minimum absolute atomic E-state index is 0.0393. The van der Waals surface area contributed by atoms with Crippen LogP contribution in [0.4, 0.5) is 0 Å². The van der Waals surface area contributed by atoms with Gasteiger partial charge in [0.2, 0.25) is 11.8 Å². The highest BCUT2D eigenvalue weighted by molar-refractivity contribution is 8.02. The highest BCUT2D eigenvalue weighted by Gasteiger charge is 2.39. The molecule has 1 aliphatic rings. The first kappa shape index (κ1) is 20.1. The van der Waals surface area contributed by atoms with Crippen molar-refractivity contribution in [2.24, 2.45) is 5.41 Å². The van der Waals surface area contributed by atoms with E-state index in [0.717, 1.165) is 10.5 Å². The molecule has 140 valence electrons. The van der Waals surface area contributed by atoms with Gasteiger partial charge in [-0.05, 0) is 21.2 Å². The van der Waals surface area contributed by atoms with Gasteiger partial charge in [0.05, 0.1) is 10.6 Å². The molecule has 2 amide bonds. The van der Waals surface area contributed by atoms with E-state index in [-0.39, 0.29) is 41.0 Å². The summed E-state index contributed by atoms with van der Waals surface area (Å²) in [6, 6.07) is 9.08. The molecule has 0 atom stereocenters. The molecular weight excluding hydrogens is 350 g/mol. The summed E-state index contributed by atoms with van der Waals surface area (Å²) in [6.45, 7) is 5.19. The number of carbonyl (C=O) groups excluding carboxylic acids is 3. The predicted molar refractivity (Wildman–Crippen MR) is 105 cm³/mol. The van der Waals surface area contributed by atoms with E-state index in [1.54, 1.807) is 39.0 Å². The van der Waals surface area contributed by atoms with Crippen LogP contribution < -0.4 is 0 Å². The number of nitrogens with zero attached hydrogens (tertiary/aromatic N) is 1. The molecule has 0 spiro atoms. The van der Waals surface area contributed by atoms with Gasteiger partial charge >= 0.3 is 0 Å². The number of ketones is 1. The minimum Gasteiger partial charge on any atom is -0.293 e. The van der Waals surface area contributed by atoms with Crippen molar-refractivity contribution in [1.29, 1.82) is 0 Å². The number of allylic oxidation sites excluding steroid dienone is 1. The Labute approximate surface area is 155 Å². The zero-order valence-corrected chi connectivity index (χ0v) is 16.7. The molecule has 0 aliphatic carbocycles. The smallest absolute Gasteiger partial charge is 0.234 e. The van der Waals surface area contributed by atoms with Crippen molar-refractivity contribution in [3.63, 3.8) is 0 Å².